The first-order chi connectivity index (χ1) is 14.4. The molecule has 0 aliphatic heterocycles. The third kappa shape index (κ3) is 6.92. The summed E-state index contributed by atoms with van der Waals surface area (Å²) < 4.78 is 0. The van der Waals surface area contributed by atoms with Crippen LogP contribution >= 0.6 is 0 Å². The van der Waals surface area contributed by atoms with E-state index in [1.807, 2.05) is 0 Å². The molecular weight excluding hydrogens is 350 g/mol. The fourth-order valence-electron chi connectivity index (χ4n) is 4.19. The number of benzene rings is 3. The van der Waals surface area contributed by atoms with Crippen LogP contribution in [-0.2, 0) is 6.42 Å². The van der Waals surface area contributed by atoms with E-state index < -0.39 is 0 Å². The summed E-state index contributed by atoms with van der Waals surface area (Å²) >= 11 is 0. The van der Waals surface area contributed by atoms with Gasteiger partial charge in [-0.25, -0.2) is 0 Å². The maximum atomic E-state index is 3.65. The van der Waals surface area contributed by atoms with Gasteiger partial charge in [0.15, 0.2) is 0 Å². The van der Waals surface area contributed by atoms with Crippen LogP contribution in [0.5, 0.6) is 0 Å². The molecule has 0 aromatic heterocycles. The first-order valence-electron chi connectivity index (χ1n) is 11.7. The van der Waals surface area contributed by atoms with E-state index in [0.717, 1.165) is 12.1 Å². The van der Waals surface area contributed by atoms with Crippen molar-refractivity contribution < 1.29 is 0 Å². The van der Waals surface area contributed by atoms with Crippen molar-refractivity contribution in [3.63, 3.8) is 0 Å². The van der Waals surface area contributed by atoms with Crippen LogP contribution in [0.15, 0.2) is 66.7 Å². The monoisotopic (exact) mass is 387 g/mol. The lowest BCUT2D eigenvalue weighted by molar-refractivity contribution is 0.556. The molecule has 0 bridgehead atoms. The molecule has 3 aromatic carbocycles. The van der Waals surface area contributed by atoms with Crippen LogP contribution < -0.4 is 5.32 Å². The molecular formula is C28H37N. The molecule has 0 aliphatic rings. The molecule has 0 amide bonds. The molecule has 3 aromatic rings. The van der Waals surface area contributed by atoms with Gasteiger partial charge in [0, 0.05) is 11.4 Å². The number of anilines is 2. The highest BCUT2D eigenvalue weighted by atomic mass is 14.9. The Labute approximate surface area is 177 Å². The zero-order chi connectivity index (χ0) is 20.2. The summed E-state index contributed by atoms with van der Waals surface area (Å²) in [6.45, 7) is 2.29. The van der Waals surface area contributed by atoms with Crippen LogP contribution in [0.1, 0.15) is 76.7 Å². The predicted octanol–water partition coefficient (Wildman–Crippen LogP) is 9.05. The van der Waals surface area contributed by atoms with Gasteiger partial charge in [0.1, 0.15) is 0 Å². The molecule has 0 radical (unpaired) electrons. The first kappa shape index (κ1) is 21.4. The highest BCUT2D eigenvalue weighted by Gasteiger charge is 2.08. The molecule has 0 saturated heterocycles. The number of rotatable bonds is 13. The largest absolute Gasteiger partial charge is 0.355 e. The second kappa shape index (κ2) is 12.3. The van der Waals surface area contributed by atoms with E-state index in [0.29, 0.717) is 0 Å². The molecule has 0 atom stereocenters. The molecule has 3 rings (SSSR count). The van der Waals surface area contributed by atoms with Crippen molar-refractivity contribution in [3.05, 3.63) is 72.3 Å². The van der Waals surface area contributed by atoms with E-state index in [2.05, 4.69) is 79.0 Å². The van der Waals surface area contributed by atoms with Crippen molar-refractivity contribution in [1.82, 2.24) is 0 Å². The Morgan fingerprint density at radius 3 is 1.93 bits per heavy atom. The average molecular weight is 388 g/mol. The third-order valence-electron chi connectivity index (χ3n) is 5.87. The molecule has 0 spiro atoms. The molecule has 0 unspecified atom stereocenters. The quantitative estimate of drug-likeness (QED) is 0.288. The van der Waals surface area contributed by atoms with Crippen LogP contribution in [-0.4, -0.2) is 0 Å². The van der Waals surface area contributed by atoms with Crippen molar-refractivity contribution in [3.8, 4) is 0 Å². The molecule has 0 aliphatic carbocycles. The van der Waals surface area contributed by atoms with Gasteiger partial charge in [0.05, 0.1) is 0 Å². The van der Waals surface area contributed by atoms with E-state index >= 15 is 0 Å². The molecule has 0 fully saturated rings. The zero-order valence-electron chi connectivity index (χ0n) is 18.1. The van der Waals surface area contributed by atoms with E-state index in [1.54, 1.807) is 0 Å². The van der Waals surface area contributed by atoms with Gasteiger partial charge in [0.25, 0.3) is 0 Å². The Kier molecular flexibility index (Phi) is 9.10. The normalized spacial score (nSPS) is 11.1. The fraction of sp³-hybridized carbons (Fsp3) is 0.429. The minimum Gasteiger partial charge on any atom is -0.355 e. The average Bonchev–Trinajstić information content (AvgIpc) is 2.77. The van der Waals surface area contributed by atoms with Crippen LogP contribution in [0.4, 0.5) is 11.4 Å². The summed E-state index contributed by atoms with van der Waals surface area (Å²) in [4.78, 5) is 0. The van der Waals surface area contributed by atoms with Gasteiger partial charge in [-0.15, -0.1) is 0 Å². The number of hydrogen-bond acceptors (Lipinski definition) is 1. The SMILES string of the molecule is CCCCCCCCCCCCc1c(Nc2ccccc2)ccc2ccccc12. The fourth-order valence-corrected chi connectivity index (χ4v) is 4.19. The number of nitrogens with one attached hydrogen (secondary N) is 1. The predicted molar refractivity (Wildman–Crippen MR) is 129 cm³/mol. The Morgan fingerprint density at radius 1 is 0.586 bits per heavy atom. The molecule has 1 nitrogen and oxygen atoms in total. The van der Waals surface area contributed by atoms with Gasteiger partial charge >= 0.3 is 0 Å². The minimum absolute atomic E-state index is 1.15. The summed E-state index contributed by atoms with van der Waals surface area (Å²) in [5.74, 6) is 0. The standard InChI is InChI=1S/C28H37N/c1-2-3-4-5-6-7-8-9-10-14-21-27-26-20-16-15-17-24(26)22-23-28(27)29-25-18-12-11-13-19-25/h11-13,15-20,22-23,29H,2-10,14,21H2,1H3. The lowest BCUT2D eigenvalue weighted by Gasteiger charge is -2.15. The molecule has 0 saturated carbocycles. The van der Waals surface area contributed by atoms with Gasteiger partial charge in [-0.3, -0.25) is 0 Å². The second-order valence-electron chi connectivity index (χ2n) is 8.24. The molecule has 29 heavy (non-hydrogen) atoms. The summed E-state index contributed by atoms with van der Waals surface area (Å²) in [7, 11) is 0. The Bertz CT molecular complexity index is 837. The van der Waals surface area contributed by atoms with E-state index in [9.17, 15) is 0 Å². The van der Waals surface area contributed by atoms with E-state index in [-0.39, 0.29) is 0 Å². The lowest BCUT2D eigenvalue weighted by atomic mass is 9.97. The lowest BCUT2D eigenvalue weighted by Crippen LogP contribution is -1.98. The van der Waals surface area contributed by atoms with E-state index in [1.165, 1.54) is 86.2 Å². The van der Waals surface area contributed by atoms with Crippen LogP contribution in [0.3, 0.4) is 0 Å². The van der Waals surface area contributed by atoms with Crippen molar-refractivity contribution in [2.24, 2.45) is 0 Å². The first-order valence-corrected chi connectivity index (χ1v) is 11.7. The summed E-state index contributed by atoms with van der Waals surface area (Å²) in [6.07, 6.45) is 15.0. The van der Waals surface area contributed by atoms with Crippen LogP contribution in [0.2, 0.25) is 0 Å². The van der Waals surface area contributed by atoms with Crippen LogP contribution in [0.25, 0.3) is 10.8 Å². The minimum atomic E-state index is 1.15. The van der Waals surface area contributed by atoms with Crippen molar-refractivity contribution >= 4 is 22.1 Å². The second-order valence-corrected chi connectivity index (χ2v) is 8.24. The number of fused-ring (bicyclic) bond motifs is 1. The van der Waals surface area contributed by atoms with Crippen molar-refractivity contribution in [2.75, 3.05) is 5.32 Å². The molecule has 0 heterocycles. The smallest absolute Gasteiger partial charge is 0.0423 e. The van der Waals surface area contributed by atoms with Gasteiger partial charge < -0.3 is 5.32 Å². The molecule has 1 N–H and O–H groups in total. The highest BCUT2D eigenvalue weighted by molar-refractivity contribution is 5.91. The van der Waals surface area contributed by atoms with Crippen molar-refractivity contribution in [1.29, 1.82) is 0 Å². The van der Waals surface area contributed by atoms with Gasteiger partial charge in [-0.05, 0) is 47.4 Å². The zero-order valence-corrected chi connectivity index (χ0v) is 18.1. The molecule has 154 valence electrons. The van der Waals surface area contributed by atoms with Gasteiger partial charge in [0.2, 0.25) is 0 Å². The number of unbranched alkanes of at least 4 members (excludes halogenated alkanes) is 9. The summed E-state index contributed by atoms with van der Waals surface area (Å²) in [6, 6.07) is 23.8. The maximum absolute atomic E-state index is 3.65. The highest BCUT2D eigenvalue weighted by Crippen LogP contribution is 2.30. The number of para-hydroxylation sites is 1. The Morgan fingerprint density at radius 2 is 1.21 bits per heavy atom. The Balaban J connectivity index is 1.54. The van der Waals surface area contributed by atoms with Crippen molar-refractivity contribution in [2.45, 2.75) is 77.6 Å². The van der Waals surface area contributed by atoms with Crippen LogP contribution in [0, 0.1) is 0 Å². The molecule has 1 heteroatoms. The third-order valence-corrected chi connectivity index (χ3v) is 5.87. The number of aryl methyl sites for hydroxylation is 1. The topological polar surface area (TPSA) is 12.0 Å². The maximum Gasteiger partial charge on any atom is 0.0423 e. The van der Waals surface area contributed by atoms with E-state index in [4.69, 9.17) is 0 Å². The Hall–Kier alpha value is -2.28. The van der Waals surface area contributed by atoms with Gasteiger partial charge in [-0.2, -0.15) is 0 Å². The summed E-state index contributed by atoms with van der Waals surface area (Å²) in [5.41, 5.74) is 3.88. The number of hydrogen-bond donors (Lipinski definition) is 1. The summed E-state index contributed by atoms with van der Waals surface area (Å²) in [5, 5.41) is 6.38. The van der Waals surface area contributed by atoms with Gasteiger partial charge in [-0.1, -0.05) is 113 Å².